The maximum atomic E-state index is 12.6. The first-order chi connectivity index (χ1) is 14.4. The summed E-state index contributed by atoms with van der Waals surface area (Å²) < 4.78 is 5.83. The zero-order valence-electron chi connectivity index (χ0n) is 18.9. The van der Waals surface area contributed by atoms with Gasteiger partial charge in [-0.1, -0.05) is 37.6 Å². The van der Waals surface area contributed by atoms with E-state index >= 15 is 0 Å². The standard InChI is InChI=1S/C25H38N2O3/c1-4-5-21-6-8-23(9-7-21)24(28)10-11-25(29)27-14-12-22(13-15-27)18-26-16-19(2)30-20(3)17-26/h6-9,19-20,22H,4-5,10-18H2,1-3H3. The molecule has 166 valence electrons. The number of ketones is 1. The summed E-state index contributed by atoms with van der Waals surface area (Å²) in [6, 6.07) is 7.85. The second-order valence-corrected chi connectivity index (χ2v) is 9.17. The first kappa shape index (κ1) is 23.0. The van der Waals surface area contributed by atoms with Crippen LogP contribution in [0.1, 0.15) is 68.8 Å². The molecule has 0 aliphatic carbocycles. The van der Waals surface area contributed by atoms with Gasteiger partial charge in [0.1, 0.15) is 0 Å². The maximum absolute atomic E-state index is 12.6. The molecule has 1 amide bonds. The number of ether oxygens (including phenoxy) is 1. The number of piperidine rings is 1. The summed E-state index contributed by atoms with van der Waals surface area (Å²) >= 11 is 0. The summed E-state index contributed by atoms with van der Waals surface area (Å²) in [7, 11) is 0. The smallest absolute Gasteiger partial charge is 0.223 e. The highest BCUT2D eigenvalue weighted by atomic mass is 16.5. The van der Waals surface area contributed by atoms with Gasteiger partial charge in [-0.3, -0.25) is 14.5 Å². The molecule has 2 heterocycles. The van der Waals surface area contributed by atoms with Crippen molar-refractivity contribution >= 4 is 11.7 Å². The Balaban J connectivity index is 1.38. The third-order valence-electron chi connectivity index (χ3n) is 6.36. The molecule has 0 bridgehead atoms. The SMILES string of the molecule is CCCc1ccc(C(=O)CCC(=O)N2CCC(CN3CC(C)OC(C)C3)CC2)cc1. The van der Waals surface area contributed by atoms with Gasteiger partial charge in [-0.25, -0.2) is 0 Å². The number of benzene rings is 1. The lowest BCUT2D eigenvalue weighted by Crippen LogP contribution is -2.48. The molecule has 1 aromatic rings. The van der Waals surface area contributed by atoms with Gasteiger partial charge in [-0.15, -0.1) is 0 Å². The number of carbonyl (C=O) groups excluding carboxylic acids is 2. The molecule has 2 fully saturated rings. The van der Waals surface area contributed by atoms with Crippen molar-refractivity contribution in [3.05, 3.63) is 35.4 Å². The highest BCUT2D eigenvalue weighted by Gasteiger charge is 2.28. The van der Waals surface area contributed by atoms with E-state index in [1.165, 1.54) is 5.56 Å². The van der Waals surface area contributed by atoms with Crippen LogP contribution in [0.4, 0.5) is 0 Å². The van der Waals surface area contributed by atoms with Crippen LogP contribution in [-0.4, -0.2) is 66.4 Å². The zero-order chi connectivity index (χ0) is 21.5. The Labute approximate surface area is 181 Å². The molecule has 2 atom stereocenters. The second-order valence-electron chi connectivity index (χ2n) is 9.17. The third-order valence-corrected chi connectivity index (χ3v) is 6.36. The number of rotatable bonds is 8. The summed E-state index contributed by atoms with van der Waals surface area (Å²) in [6.07, 6.45) is 5.47. The summed E-state index contributed by atoms with van der Waals surface area (Å²) in [5.74, 6) is 0.838. The molecule has 2 unspecified atom stereocenters. The van der Waals surface area contributed by atoms with E-state index in [1.807, 2.05) is 29.2 Å². The fourth-order valence-corrected chi connectivity index (χ4v) is 4.83. The fourth-order valence-electron chi connectivity index (χ4n) is 4.83. The molecule has 3 rings (SSSR count). The Bertz CT molecular complexity index is 685. The molecule has 0 aromatic heterocycles. The van der Waals surface area contributed by atoms with E-state index in [2.05, 4.69) is 25.7 Å². The Morgan fingerprint density at radius 1 is 1.00 bits per heavy atom. The lowest BCUT2D eigenvalue weighted by molar-refractivity contribution is -0.132. The molecular formula is C25H38N2O3. The number of nitrogens with zero attached hydrogens (tertiary/aromatic N) is 2. The number of morpholine rings is 1. The van der Waals surface area contributed by atoms with Gasteiger partial charge in [0.25, 0.3) is 0 Å². The maximum Gasteiger partial charge on any atom is 0.223 e. The number of hydrogen-bond donors (Lipinski definition) is 0. The fraction of sp³-hybridized carbons (Fsp3) is 0.680. The second kappa shape index (κ2) is 11.1. The Hall–Kier alpha value is -1.72. The number of amides is 1. The average molecular weight is 415 g/mol. The van der Waals surface area contributed by atoms with E-state index in [1.54, 1.807) is 0 Å². The van der Waals surface area contributed by atoms with Gasteiger partial charge in [-0.05, 0) is 44.6 Å². The Morgan fingerprint density at radius 2 is 1.63 bits per heavy atom. The third kappa shape index (κ3) is 6.64. The molecule has 0 N–H and O–H groups in total. The summed E-state index contributed by atoms with van der Waals surface area (Å²) in [5, 5.41) is 0. The van der Waals surface area contributed by atoms with Crippen LogP contribution in [0, 0.1) is 5.92 Å². The molecule has 0 radical (unpaired) electrons. The molecule has 0 spiro atoms. The van der Waals surface area contributed by atoms with Crippen LogP contribution in [0.5, 0.6) is 0 Å². The van der Waals surface area contributed by atoms with Crippen molar-refractivity contribution in [1.29, 1.82) is 0 Å². The monoisotopic (exact) mass is 414 g/mol. The quantitative estimate of drug-likeness (QED) is 0.605. The molecule has 0 saturated carbocycles. The Kier molecular flexibility index (Phi) is 8.46. The van der Waals surface area contributed by atoms with Crippen molar-refractivity contribution < 1.29 is 14.3 Å². The zero-order valence-corrected chi connectivity index (χ0v) is 18.9. The van der Waals surface area contributed by atoms with E-state index < -0.39 is 0 Å². The highest BCUT2D eigenvalue weighted by Crippen LogP contribution is 2.22. The van der Waals surface area contributed by atoms with Crippen molar-refractivity contribution in [3.8, 4) is 0 Å². The minimum absolute atomic E-state index is 0.0665. The predicted octanol–water partition coefficient (Wildman–Crippen LogP) is 3.95. The van der Waals surface area contributed by atoms with Crippen molar-refractivity contribution in [2.45, 2.75) is 71.5 Å². The molecule has 2 aliphatic rings. The molecular weight excluding hydrogens is 376 g/mol. The van der Waals surface area contributed by atoms with E-state index in [9.17, 15) is 9.59 Å². The first-order valence-corrected chi connectivity index (χ1v) is 11.7. The highest BCUT2D eigenvalue weighted by molar-refractivity contribution is 5.98. The van der Waals surface area contributed by atoms with Crippen LogP contribution in [0.25, 0.3) is 0 Å². The predicted molar refractivity (Wildman–Crippen MR) is 120 cm³/mol. The van der Waals surface area contributed by atoms with Crippen LogP contribution in [0.3, 0.4) is 0 Å². The van der Waals surface area contributed by atoms with Gasteiger partial charge >= 0.3 is 0 Å². The van der Waals surface area contributed by atoms with Crippen LogP contribution < -0.4 is 0 Å². The molecule has 30 heavy (non-hydrogen) atoms. The topological polar surface area (TPSA) is 49.9 Å². The molecule has 1 aromatic carbocycles. The minimum atomic E-state index is 0.0665. The van der Waals surface area contributed by atoms with Gasteiger partial charge in [0.2, 0.25) is 5.91 Å². The Morgan fingerprint density at radius 3 is 2.23 bits per heavy atom. The largest absolute Gasteiger partial charge is 0.373 e. The number of Topliss-reactive ketones (excluding diaryl/α,β-unsaturated/α-hetero) is 1. The average Bonchev–Trinajstić information content (AvgIpc) is 2.72. The van der Waals surface area contributed by atoms with Gasteiger partial charge in [0.15, 0.2) is 5.78 Å². The number of hydrogen-bond acceptors (Lipinski definition) is 4. The van der Waals surface area contributed by atoms with Crippen molar-refractivity contribution in [3.63, 3.8) is 0 Å². The van der Waals surface area contributed by atoms with Gasteiger partial charge in [0.05, 0.1) is 12.2 Å². The van der Waals surface area contributed by atoms with Crippen molar-refractivity contribution in [2.24, 2.45) is 5.92 Å². The molecule has 5 nitrogen and oxygen atoms in total. The van der Waals surface area contributed by atoms with Crippen LogP contribution >= 0.6 is 0 Å². The van der Waals surface area contributed by atoms with E-state index in [0.717, 1.165) is 64.0 Å². The summed E-state index contributed by atoms with van der Waals surface area (Å²) in [5.41, 5.74) is 1.98. The number of aryl methyl sites for hydroxylation is 1. The lowest BCUT2D eigenvalue weighted by Gasteiger charge is -2.39. The number of likely N-dealkylation sites (tertiary alicyclic amines) is 1. The molecule has 5 heteroatoms. The van der Waals surface area contributed by atoms with Gasteiger partial charge in [-0.2, -0.15) is 0 Å². The first-order valence-electron chi connectivity index (χ1n) is 11.7. The van der Waals surface area contributed by atoms with Crippen molar-refractivity contribution in [2.75, 3.05) is 32.7 Å². The van der Waals surface area contributed by atoms with Gasteiger partial charge < -0.3 is 9.64 Å². The molecule has 2 saturated heterocycles. The van der Waals surface area contributed by atoms with Crippen LogP contribution in [-0.2, 0) is 16.0 Å². The van der Waals surface area contributed by atoms with Crippen LogP contribution in [0.2, 0.25) is 0 Å². The lowest BCUT2D eigenvalue weighted by atomic mass is 9.95. The van der Waals surface area contributed by atoms with E-state index in [0.29, 0.717) is 31.0 Å². The van der Waals surface area contributed by atoms with E-state index in [-0.39, 0.29) is 11.7 Å². The molecule has 2 aliphatic heterocycles. The number of carbonyl (C=O) groups is 2. The van der Waals surface area contributed by atoms with E-state index in [4.69, 9.17) is 4.74 Å². The van der Waals surface area contributed by atoms with Gasteiger partial charge in [0, 0.05) is 51.1 Å². The van der Waals surface area contributed by atoms with Crippen molar-refractivity contribution in [1.82, 2.24) is 9.80 Å². The normalized spacial score (nSPS) is 23.5. The summed E-state index contributed by atoms with van der Waals surface area (Å²) in [4.78, 5) is 29.5. The minimum Gasteiger partial charge on any atom is -0.373 e. The summed E-state index contributed by atoms with van der Waals surface area (Å²) in [6.45, 7) is 11.2. The van der Waals surface area contributed by atoms with Crippen LogP contribution in [0.15, 0.2) is 24.3 Å².